The predicted octanol–water partition coefficient (Wildman–Crippen LogP) is 1.38. The Kier molecular flexibility index (Phi) is 4.27. The third kappa shape index (κ3) is 2.94. The maximum absolute atomic E-state index is 10.7. The number of carboxylic acid groups (broad SMARTS) is 1. The lowest BCUT2D eigenvalue weighted by molar-refractivity contribution is -0.387. The van der Waals surface area contributed by atoms with Crippen LogP contribution in [0.15, 0.2) is 23.1 Å². The average Bonchev–Trinajstić information content (AvgIpc) is 2.25. The number of benzene rings is 1. The fourth-order valence-electron chi connectivity index (χ4n) is 1.07. The van der Waals surface area contributed by atoms with E-state index in [0.717, 1.165) is 17.8 Å². The topological polar surface area (TPSA) is 101 Å². The SMILES string of the molecule is O=C(O)c1ccc([N+](=O)[O-])c(SCCO)c1. The average molecular weight is 243 g/mol. The van der Waals surface area contributed by atoms with E-state index in [1.807, 2.05) is 0 Å². The second-order valence-corrected chi connectivity index (χ2v) is 3.95. The molecule has 7 heteroatoms. The van der Waals surface area contributed by atoms with Crippen molar-refractivity contribution in [3.05, 3.63) is 33.9 Å². The van der Waals surface area contributed by atoms with Crippen LogP contribution in [0.2, 0.25) is 0 Å². The highest BCUT2D eigenvalue weighted by atomic mass is 32.2. The number of carboxylic acids is 1. The van der Waals surface area contributed by atoms with Crippen molar-refractivity contribution in [2.24, 2.45) is 0 Å². The van der Waals surface area contributed by atoms with Gasteiger partial charge in [-0.2, -0.15) is 0 Å². The number of rotatable bonds is 5. The largest absolute Gasteiger partial charge is 0.478 e. The molecule has 0 amide bonds. The molecule has 0 unspecified atom stereocenters. The molecule has 0 saturated carbocycles. The number of nitro benzene ring substituents is 1. The van der Waals surface area contributed by atoms with Crippen LogP contribution < -0.4 is 0 Å². The molecule has 6 nitrogen and oxygen atoms in total. The lowest BCUT2D eigenvalue weighted by Crippen LogP contribution is -1.99. The summed E-state index contributed by atoms with van der Waals surface area (Å²) in [5, 5.41) is 28.0. The third-order valence-electron chi connectivity index (χ3n) is 1.75. The second-order valence-electron chi connectivity index (χ2n) is 2.82. The van der Waals surface area contributed by atoms with Crippen LogP contribution in [-0.4, -0.2) is 33.5 Å². The number of aromatic carboxylic acids is 1. The zero-order chi connectivity index (χ0) is 12.1. The molecule has 0 heterocycles. The molecular formula is C9H9NO5S. The Hall–Kier alpha value is -1.60. The minimum atomic E-state index is -1.14. The summed E-state index contributed by atoms with van der Waals surface area (Å²) in [6.45, 7) is -0.126. The van der Waals surface area contributed by atoms with Crippen molar-refractivity contribution in [3.63, 3.8) is 0 Å². The number of hydrogen-bond acceptors (Lipinski definition) is 5. The molecule has 0 aliphatic heterocycles. The molecule has 1 rings (SSSR count). The van der Waals surface area contributed by atoms with E-state index in [1.165, 1.54) is 12.1 Å². The highest BCUT2D eigenvalue weighted by molar-refractivity contribution is 7.99. The maximum Gasteiger partial charge on any atom is 0.335 e. The van der Waals surface area contributed by atoms with Gasteiger partial charge in [0.1, 0.15) is 0 Å². The molecule has 1 aromatic carbocycles. The van der Waals surface area contributed by atoms with Gasteiger partial charge in [0.25, 0.3) is 5.69 Å². The van der Waals surface area contributed by atoms with Crippen LogP contribution in [0.25, 0.3) is 0 Å². The number of carbonyl (C=O) groups is 1. The zero-order valence-electron chi connectivity index (χ0n) is 8.12. The Morgan fingerprint density at radius 3 is 2.69 bits per heavy atom. The molecule has 0 aliphatic carbocycles. The lowest BCUT2D eigenvalue weighted by Gasteiger charge is -2.02. The number of aliphatic hydroxyl groups is 1. The quantitative estimate of drug-likeness (QED) is 0.460. The summed E-state index contributed by atoms with van der Waals surface area (Å²) in [4.78, 5) is 21.0. The Balaban J connectivity index is 3.10. The molecule has 16 heavy (non-hydrogen) atoms. The van der Waals surface area contributed by atoms with Crippen LogP contribution >= 0.6 is 11.8 Å². The standard InChI is InChI=1S/C9H9NO5S/c11-3-4-16-8-5-6(9(12)13)1-2-7(8)10(14)15/h1-2,5,11H,3-4H2,(H,12,13). The molecular weight excluding hydrogens is 234 g/mol. The van der Waals surface area contributed by atoms with Crippen molar-refractivity contribution in [3.8, 4) is 0 Å². The molecule has 0 aliphatic rings. The van der Waals surface area contributed by atoms with Crippen LogP contribution in [0.1, 0.15) is 10.4 Å². The molecule has 0 spiro atoms. The van der Waals surface area contributed by atoms with Gasteiger partial charge in [-0.15, -0.1) is 11.8 Å². The van der Waals surface area contributed by atoms with Gasteiger partial charge in [0, 0.05) is 11.8 Å². The van der Waals surface area contributed by atoms with Gasteiger partial charge < -0.3 is 10.2 Å². The normalized spacial score (nSPS) is 10.1. The second kappa shape index (κ2) is 5.47. The molecule has 0 saturated heterocycles. The minimum absolute atomic E-state index is 0.00830. The van der Waals surface area contributed by atoms with Crippen molar-refractivity contribution in [2.75, 3.05) is 12.4 Å². The van der Waals surface area contributed by atoms with Gasteiger partial charge in [0.05, 0.1) is 22.0 Å². The van der Waals surface area contributed by atoms with Gasteiger partial charge in [-0.25, -0.2) is 4.79 Å². The van der Waals surface area contributed by atoms with E-state index in [-0.39, 0.29) is 28.5 Å². The minimum Gasteiger partial charge on any atom is -0.478 e. The predicted molar refractivity (Wildman–Crippen MR) is 57.9 cm³/mol. The van der Waals surface area contributed by atoms with Crippen molar-refractivity contribution in [2.45, 2.75) is 4.90 Å². The molecule has 2 N–H and O–H groups in total. The Morgan fingerprint density at radius 1 is 1.50 bits per heavy atom. The molecule has 1 aromatic rings. The van der Waals surface area contributed by atoms with E-state index < -0.39 is 10.9 Å². The van der Waals surface area contributed by atoms with E-state index in [9.17, 15) is 14.9 Å². The smallest absolute Gasteiger partial charge is 0.335 e. The number of nitrogens with zero attached hydrogens (tertiary/aromatic N) is 1. The molecule has 0 aromatic heterocycles. The van der Waals surface area contributed by atoms with Crippen molar-refractivity contribution >= 4 is 23.4 Å². The number of thioether (sulfide) groups is 1. The van der Waals surface area contributed by atoms with E-state index >= 15 is 0 Å². The number of hydrogen-bond donors (Lipinski definition) is 2. The van der Waals surface area contributed by atoms with Crippen molar-refractivity contribution in [1.82, 2.24) is 0 Å². The number of nitro groups is 1. The molecule has 0 radical (unpaired) electrons. The summed E-state index contributed by atoms with van der Waals surface area (Å²) >= 11 is 1.05. The first kappa shape index (κ1) is 12.5. The summed E-state index contributed by atoms with van der Waals surface area (Å²) < 4.78 is 0. The van der Waals surface area contributed by atoms with Gasteiger partial charge >= 0.3 is 5.97 Å². The Morgan fingerprint density at radius 2 is 2.19 bits per heavy atom. The summed E-state index contributed by atoms with van der Waals surface area (Å²) in [6, 6.07) is 3.58. The maximum atomic E-state index is 10.7. The fraction of sp³-hybridized carbons (Fsp3) is 0.222. The van der Waals surface area contributed by atoms with Crippen LogP contribution in [0.4, 0.5) is 5.69 Å². The summed E-state index contributed by atoms with van der Waals surface area (Å²) in [6.07, 6.45) is 0. The molecule has 0 fully saturated rings. The first-order valence-corrected chi connectivity index (χ1v) is 5.30. The first-order chi connectivity index (χ1) is 7.56. The monoisotopic (exact) mass is 243 g/mol. The Bertz CT molecular complexity index is 420. The van der Waals surface area contributed by atoms with Crippen LogP contribution in [0.5, 0.6) is 0 Å². The fourth-order valence-corrected chi connectivity index (χ4v) is 1.88. The highest BCUT2D eigenvalue weighted by Gasteiger charge is 2.16. The van der Waals surface area contributed by atoms with E-state index in [4.69, 9.17) is 10.2 Å². The van der Waals surface area contributed by atoms with Crippen molar-refractivity contribution in [1.29, 1.82) is 0 Å². The van der Waals surface area contributed by atoms with Crippen LogP contribution in [0.3, 0.4) is 0 Å². The Labute approximate surface area is 95.1 Å². The third-order valence-corrected chi connectivity index (χ3v) is 2.78. The van der Waals surface area contributed by atoms with E-state index in [2.05, 4.69) is 0 Å². The van der Waals surface area contributed by atoms with E-state index in [1.54, 1.807) is 0 Å². The van der Waals surface area contributed by atoms with Gasteiger partial charge in [-0.1, -0.05) is 0 Å². The highest BCUT2D eigenvalue weighted by Crippen LogP contribution is 2.29. The number of aliphatic hydroxyl groups excluding tert-OH is 1. The molecule has 0 atom stereocenters. The van der Waals surface area contributed by atoms with Gasteiger partial charge in [-0.3, -0.25) is 10.1 Å². The van der Waals surface area contributed by atoms with Crippen LogP contribution in [0, 0.1) is 10.1 Å². The van der Waals surface area contributed by atoms with Gasteiger partial charge in [0.2, 0.25) is 0 Å². The van der Waals surface area contributed by atoms with Crippen molar-refractivity contribution < 1.29 is 19.9 Å². The summed E-state index contributed by atoms with van der Waals surface area (Å²) in [7, 11) is 0. The summed E-state index contributed by atoms with van der Waals surface area (Å²) in [5.74, 6) is -0.857. The zero-order valence-corrected chi connectivity index (χ0v) is 8.94. The van der Waals surface area contributed by atoms with Crippen LogP contribution in [-0.2, 0) is 0 Å². The van der Waals surface area contributed by atoms with Gasteiger partial charge in [-0.05, 0) is 12.1 Å². The lowest BCUT2D eigenvalue weighted by atomic mass is 10.2. The van der Waals surface area contributed by atoms with Gasteiger partial charge in [0.15, 0.2) is 0 Å². The summed E-state index contributed by atoms with van der Waals surface area (Å²) in [5.41, 5.74) is -0.158. The first-order valence-electron chi connectivity index (χ1n) is 4.31. The molecule has 0 bridgehead atoms. The molecule has 86 valence electrons. The van der Waals surface area contributed by atoms with E-state index in [0.29, 0.717) is 0 Å².